The minimum absolute atomic E-state index is 0.171. The van der Waals surface area contributed by atoms with Crippen LogP contribution < -0.4 is 11.1 Å². The molecule has 6 heteroatoms. The van der Waals surface area contributed by atoms with Crippen molar-refractivity contribution in [3.63, 3.8) is 0 Å². The number of benzene rings is 1. The Labute approximate surface area is 104 Å². The van der Waals surface area contributed by atoms with Crippen LogP contribution in [0.1, 0.15) is 5.56 Å². The molecule has 0 radical (unpaired) electrons. The highest BCUT2D eigenvalue weighted by molar-refractivity contribution is 6.00. The van der Waals surface area contributed by atoms with Crippen LogP contribution in [-0.4, -0.2) is 21.1 Å². The maximum Gasteiger partial charge on any atom is 0.250 e. The molecule has 6 nitrogen and oxygen atoms in total. The van der Waals surface area contributed by atoms with Crippen LogP contribution in [0.25, 0.3) is 6.08 Å². The fourth-order valence-corrected chi connectivity index (χ4v) is 1.24. The van der Waals surface area contributed by atoms with Crippen LogP contribution in [0.3, 0.4) is 0 Å². The smallest absolute Gasteiger partial charge is 0.250 e. The van der Waals surface area contributed by atoms with E-state index in [1.165, 1.54) is 18.5 Å². The summed E-state index contributed by atoms with van der Waals surface area (Å²) in [6.45, 7) is 0. The molecule has 0 aliphatic heterocycles. The number of hydrogen-bond acceptors (Lipinski definition) is 5. The second-order valence-corrected chi connectivity index (χ2v) is 3.46. The maximum atomic E-state index is 11.5. The van der Waals surface area contributed by atoms with Gasteiger partial charge in [0.05, 0.1) is 12.4 Å². The molecule has 0 saturated heterocycles. The summed E-state index contributed by atoms with van der Waals surface area (Å²) in [4.78, 5) is 15.4. The highest BCUT2D eigenvalue weighted by atomic mass is 16.1. The van der Waals surface area contributed by atoms with Crippen LogP contribution >= 0.6 is 0 Å². The highest BCUT2D eigenvalue weighted by Crippen LogP contribution is 2.07. The van der Waals surface area contributed by atoms with Gasteiger partial charge in [-0.25, -0.2) is 4.98 Å². The Hall–Kier alpha value is -2.76. The molecule has 2 rings (SSSR count). The second-order valence-electron chi connectivity index (χ2n) is 3.46. The molecule has 2 aromatic rings. The number of anilines is 2. The third-order valence-corrected chi connectivity index (χ3v) is 2.08. The molecular weight excluding hydrogens is 230 g/mol. The Morgan fingerprint density at radius 1 is 1.22 bits per heavy atom. The van der Waals surface area contributed by atoms with Crippen LogP contribution in [0.2, 0.25) is 0 Å². The highest BCUT2D eigenvalue weighted by Gasteiger charge is 1.99. The summed E-state index contributed by atoms with van der Waals surface area (Å²) in [5.74, 6) is -0.149. The molecule has 18 heavy (non-hydrogen) atoms. The molecule has 0 unspecified atom stereocenters. The van der Waals surface area contributed by atoms with E-state index < -0.39 is 0 Å². The van der Waals surface area contributed by atoms with Crippen molar-refractivity contribution in [1.82, 2.24) is 15.2 Å². The van der Waals surface area contributed by atoms with Crippen molar-refractivity contribution in [3.05, 3.63) is 48.3 Å². The van der Waals surface area contributed by atoms with Gasteiger partial charge in [-0.05, 0) is 23.8 Å². The number of nitrogens with one attached hydrogen (secondary N) is 1. The van der Waals surface area contributed by atoms with E-state index in [2.05, 4.69) is 20.5 Å². The van der Waals surface area contributed by atoms with Gasteiger partial charge in [-0.2, -0.15) is 5.10 Å². The first-order valence-corrected chi connectivity index (χ1v) is 5.22. The van der Waals surface area contributed by atoms with Crippen molar-refractivity contribution in [2.45, 2.75) is 0 Å². The number of carbonyl (C=O) groups is 1. The van der Waals surface area contributed by atoms with E-state index in [9.17, 15) is 4.79 Å². The summed E-state index contributed by atoms with van der Waals surface area (Å²) in [7, 11) is 0. The first-order valence-electron chi connectivity index (χ1n) is 5.22. The summed E-state index contributed by atoms with van der Waals surface area (Å²) in [5, 5.41) is 9.73. The Kier molecular flexibility index (Phi) is 3.60. The predicted octanol–water partition coefficient (Wildman–Crippen LogP) is 1.11. The lowest BCUT2D eigenvalue weighted by Crippen LogP contribution is -2.10. The van der Waals surface area contributed by atoms with E-state index in [1.807, 2.05) is 12.1 Å². The fraction of sp³-hybridized carbons (Fsp3) is 0. The quantitative estimate of drug-likeness (QED) is 0.620. The van der Waals surface area contributed by atoms with E-state index in [1.54, 1.807) is 18.2 Å². The van der Waals surface area contributed by atoms with Gasteiger partial charge >= 0.3 is 0 Å². The molecular formula is C12H11N5O. The molecule has 0 aliphatic carbocycles. The van der Waals surface area contributed by atoms with Gasteiger partial charge < -0.3 is 5.73 Å². The molecule has 1 amide bonds. The molecule has 0 bridgehead atoms. The number of nitrogens with two attached hydrogens (primary N) is 1. The largest absolute Gasteiger partial charge is 0.399 e. The zero-order valence-corrected chi connectivity index (χ0v) is 9.45. The van der Waals surface area contributed by atoms with Gasteiger partial charge in [0.1, 0.15) is 0 Å². The number of amides is 1. The van der Waals surface area contributed by atoms with Crippen molar-refractivity contribution in [2.75, 3.05) is 11.1 Å². The van der Waals surface area contributed by atoms with Gasteiger partial charge in [0, 0.05) is 11.8 Å². The SMILES string of the molecule is Nc1ccc(/C=C/C(=O)Nc2nccnn2)cc1. The Morgan fingerprint density at radius 2 is 2.00 bits per heavy atom. The van der Waals surface area contributed by atoms with Gasteiger partial charge in [-0.3, -0.25) is 10.1 Å². The molecule has 1 heterocycles. The number of nitrogens with zero attached hydrogens (tertiary/aromatic N) is 3. The normalized spacial score (nSPS) is 10.4. The van der Waals surface area contributed by atoms with E-state index >= 15 is 0 Å². The lowest BCUT2D eigenvalue weighted by atomic mass is 10.2. The molecule has 0 atom stereocenters. The third kappa shape index (κ3) is 3.38. The molecule has 0 saturated carbocycles. The maximum absolute atomic E-state index is 11.5. The molecule has 90 valence electrons. The van der Waals surface area contributed by atoms with Gasteiger partial charge in [0.2, 0.25) is 5.95 Å². The number of aromatic nitrogens is 3. The standard InChI is InChI=1S/C12H11N5O/c13-10-4-1-9(2-5-10)3-6-11(18)16-12-14-7-8-15-17-12/h1-8H,13H2,(H,14,16,17,18)/b6-3+. The van der Waals surface area contributed by atoms with Gasteiger partial charge in [0.25, 0.3) is 5.91 Å². The van der Waals surface area contributed by atoms with Crippen LogP contribution in [0.5, 0.6) is 0 Å². The minimum atomic E-state index is -0.320. The summed E-state index contributed by atoms with van der Waals surface area (Å²) in [5.41, 5.74) is 7.12. The van der Waals surface area contributed by atoms with Crippen molar-refractivity contribution in [1.29, 1.82) is 0 Å². The molecule has 0 aliphatic rings. The van der Waals surface area contributed by atoms with E-state index in [0.717, 1.165) is 5.56 Å². The van der Waals surface area contributed by atoms with E-state index in [4.69, 9.17) is 5.73 Å². The number of nitrogen functional groups attached to an aromatic ring is 1. The van der Waals surface area contributed by atoms with Crippen molar-refractivity contribution in [2.24, 2.45) is 0 Å². The monoisotopic (exact) mass is 241 g/mol. The fourth-order valence-electron chi connectivity index (χ4n) is 1.24. The number of rotatable bonds is 3. The average Bonchev–Trinajstić information content (AvgIpc) is 2.39. The van der Waals surface area contributed by atoms with Crippen LogP contribution in [0.15, 0.2) is 42.7 Å². The second kappa shape index (κ2) is 5.53. The Morgan fingerprint density at radius 3 is 2.67 bits per heavy atom. The lowest BCUT2D eigenvalue weighted by Gasteiger charge is -1.97. The summed E-state index contributed by atoms with van der Waals surface area (Å²) in [6.07, 6.45) is 5.94. The van der Waals surface area contributed by atoms with Crippen LogP contribution in [-0.2, 0) is 4.79 Å². The molecule has 0 spiro atoms. The van der Waals surface area contributed by atoms with Crippen molar-refractivity contribution in [3.8, 4) is 0 Å². The summed E-state index contributed by atoms with van der Waals surface area (Å²) < 4.78 is 0. The van der Waals surface area contributed by atoms with E-state index in [0.29, 0.717) is 5.69 Å². The topological polar surface area (TPSA) is 93.8 Å². The zero-order valence-electron chi connectivity index (χ0n) is 9.45. The lowest BCUT2D eigenvalue weighted by molar-refractivity contribution is -0.111. The summed E-state index contributed by atoms with van der Waals surface area (Å²) >= 11 is 0. The number of hydrogen-bond donors (Lipinski definition) is 2. The summed E-state index contributed by atoms with van der Waals surface area (Å²) in [6, 6.07) is 7.17. The van der Waals surface area contributed by atoms with Crippen LogP contribution in [0.4, 0.5) is 11.6 Å². The average molecular weight is 241 g/mol. The third-order valence-electron chi connectivity index (χ3n) is 2.08. The van der Waals surface area contributed by atoms with Crippen LogP contribution in [0, 0.1) is 0 Å². The predicted molar refractivity (Wildman–Crippen MR) is 68.3 cm³/mol. The molecule has 1 aromatic heterocycles. The van der Waals surface area contributed by atoms with Crippen molar-refractivity contribution < 1.29 is 4.79 Å². The van der Waals surface area contributed by atoms with Gasteiger partial charge in [0.15, 0.2) is 0 Å². The van der Waals surface area contributed by atoms with Gasteiger partial charge in [-0.1, -0.05) is 12.1 Å². The Bertz CT molecular complexity index is 550. The first kappa shape index (κ1) is 11.7. The minimum Gasteiger partial charge on any atom is -0.399 e. The molecule has 1 aromatic carbocycles. The van der Waals surface area contributed by atoms with E-state index in [-0.39, 0.29) is 11.9 Å². The van der Waals surface area contributed by atoms with Gasteiger partial charge in [-0.15, -0.1) is 5.10 Å². The Balaban J connectivity index is 1.97. The molecule has 3 N–H and O–H groups in total. The number of carbonyl (C=O) groups excluding carboxylic acids is 1. The van der Waals surface area contributed by atoms with Crippen molar-refractivity contribution >= 4 is 23.6 Å². The first-order chi connectivity index (χ1) is 8.74. The zero-order chi connectivity index (χ0) is 12.8. The molecule has 0 fully saturated rings.